The second kappa shape index (κ2) is 6.26. The van der Waals surface area contributed by atoms with Gasteiger partial charge in [0.1, 0.15) is 0 Å². The van der Waals surface area contributed by atoms with Crippen LogP contribution >= 0.6 is 23.2 Å². The Hall–Kier alpha value is -0.980. The van der Waals surface area contributed by atoms with Crippen LogP contribution in [0.25, 0.3) is 0 Å². The molecule has 0 heterocycles. The standard InChI is InChI=1S/C16H16Cl2/c1-12-2-6-14(7-3-12)15(11-17)10-13-4-8-16(18)9-5-13/h2-9,15H,10-11H2,1H3. The van der Waals surface area contributed by atoms with Crippen molar-refractivity contribution in [1.29, 1.82) is 0 Å². The van der Waals surface area contributed by atoms with Gasteiger partial charge in [-0.2, -0.15) is 0 Å². The van der Waals surface area contributed by atoms with Crippen molar-refractivity contribution in [2.75, 3.05) is 5.88 Å². The molecule has 0 aromatic heterocycles. The molecule has 0 radical (unpaired) electrons. The predicted molar refractivity (Wildman–Crippen MR) is 79.8 cm³/mol. The Kier molecular flexibility index (Phi) is 4.68. The topological polar surface area (TPSA) is 0 Å². The summed E-state index contributed by atoms with van der Waals surface area (Å²) in [4.78, 5) is 0. The van der Waals surface area contributed by atoms with Gasteiger partial charge >= 0.3 is 0 Å². The molecule has 0 nitrogen and oxygen atoms in total. The summed E-state index contributed by atoms with van der Waals surface area (Å²) in [6.07, 6.45) is 0.948. The lowest BCUT2D eigenvalue weighted by Gasteiger charge is -2.14. The Morgan fingerprint density at radius 1 is 0.944 bits per heavy atom. The molecule has 1 atom stereocenters. The summed E-state index contributed by atoms with van der Waals surface area (Å²) in [7, 11) is 0. The number of rotatable bonds is 4. The van der Waals surface area contributed by atoms with Crippen LogP contribution in [0.15, 0.2) is 48.5 Å². The molecule has 0 saturated carbocycles. The number of hydrogen-bond acceptors (Lipinski definition) is 0. The van der Waals surface area contributed by atoms with Gasteiger partial charge in [0.2, 0.25) is 0 Å². The van der Waals surface area contributed by atoms with Gasteiger partial charge in [0.15, 0.2) is 0 Å². The second-order valence-electron chi connectivity index (χ2n) is 4.59. The largest absolute Gasteiger partial charge is 0.126 e. The molecular weight excluding hydrogens is 263 g/mol. The highest BCUT2D eigenvalue weighted by Crippen LogP contribution is 2.23. The van der Waals surface area contributed by atoms with Crippen molar-refractivity contribution in [3.8, 4) is 0 Å². The molecule has 0 amide bonds. The molecule has 0 fully saturated rings. The van der Waals surface area contributed by atoms with Crippen molar-refractivity contribution in [3.05, 3.63) is 70.2 Å². The number of hydrogen-bond donors (Lipinski definition) is 0. The molecule has 94 valence electrons. The molecule has 2 aromatic rings. The van der Waals surface area contributed by atoms with Crippen molar-refractivity contribution >= 4 is 23.2 Å². The maximum atomic E-state index is 6.10. The third-order valence-electron chi connectivity index (χ3n) is 3.13. The summed E-state index contributed by atoms with van der Waals surface area (Å²) >= 11 is 12.0. The molecule has 0 spiro atoms. The van der Waals surface area contributed by atoms with E-state index in [1.54, 1.807) is 0 Å². The van der Waals surface area contributed by atoms with Crippen LogP contribution in [0.2, 0.25) is 5.02 Å². The van der Waals surface area contributed by atoms with E-state index < -0.39 is 0 Å². The quantitative estimate of drug-likeness (QED) is 0.674. The normalized spacial score (nSPS) is 12.4. The van der Waals surface area contributed by atoms with Crippen molar-refractivity contribution in [2.24, 2.45) is 0 Å². The first-order valence-corrected chi connectivity index (χ1v) is 6.97. The van der Waals surface area contributed by atoms with Crippen LogP contribution in [-0.2, 0) is 6.42 Å². The molecule has 0 aliphatic carbocycles. The van der Waals surface area contributed by atoms with Crippen molar-refractivity contribution in [3.63, 3.8) is 0 Å². The number of alkyl halides is 1. The molecule has 0 saturated heterocycles. The molecule has 0 aliphatic rings. The van der Waals surface area contributed by atoms with Crippen LogP contribution in [0, 0.1) is 6.92 Å². The first-order valence-electron chi connectivity index (χ1n) is 6.06. The Morgan fingerprint density at radius 2 is 1.56 bits per heavy atom. The lowest BCUT2D eigenvalue weighted by Crippen LogP contribution is -2.04. The highest BCUT2D eigenvalue weighted by Gasteiger charge is 2.11. The smallest absolute Gasteiger partial charge is 0.0406 e. The van der Waals surface area contributed by atoms with Gasteiger partial charge in [-0.1, -0.05) is 53.6 Å². The van der Waals surface area contributed by atoms with E-state index in [9.17, 15) is 0 Å². The van der Waals surface area contributed by atoms with Gasteiger partial charge in [-0.15, -0.1) is 11.6 Å². The zero-order chi connectivity index (χ0) is 13.0. The van der Waals surface area contributed by atoms with Gasteiger partial charge in [0, 0.05) is 16.8 Å². The zero-order valence-corrected chi connectivity index (χ0v) is 11.9. The highest BCUT2D eigenvalue weighted by molar-refractivity contribution is 6.30. The van der Waals surface area contributed by atoms with Gasteiger partial charge in [-0.05, 0) is 36.6 Å². The predicted octanol–water partition coefficient (Wildman–Crippen LogP) is 5.21. The lowest BCUT2D eigenvalue weighted by atomic mass is 9.93. The molecule has 2 rings (SSSR count). The van der Waals surface area contributed by atoms with Crippen LogP contribution in [0.5, 0.6) is 0 Å². The number of benzene rings is 2. The maximum Gasteiger partial charge on any atom is 0.0406 e. The summed E-state index contributed by atoms with van der Waals surface area (Å²) in [5.74, 6) is 0.986. The monoisotopic (exact) mass is 278 g/mol. The fourth-order valence-corrected chi connectivity index (χ4v) is 2.42. The molecule has 2 heteroatoms. The average Bonchev–Trinajstić information content (AvgIpc) is 2.39. The minimum absolute atomic E-state index is 0.355. The highest BCUT2D eigenvalue weighted by atomic mass is 35.5. The minimum Gasteiger partial charge on any atom is -0.126 e. The summed E-state index contributed by atoms with van der Waals surface area (Å²) < 4.78 is 0. The zero-order valence-electron chi connectivity index (χ0n) is 10.4. The number of aryl methyl sites for hydroxylation is 1. The van der Waals surface area contributed by atoms with E-state index in [2.05, 4.69) is 43.3 Å². The molecule has 0 bridgehead atoms. The first-order chi connectivity index (χ1) is 8.69. The van der Waals surface area contributed by atoms with Gasteiger partial charge in [-0.3, -0.25) is 0 Å². The Bertz CT molecular complexity index is 486. The summed E-state index contributed by atoms with van der Waals surface area (Å²) in [6, 6.07) is 16.6. The van der Waals surface area contributed by atoms with E-state index in [4.69, 9.17) is 23.2 Å². The fraction of sp³-hybridized carbons (Fsp3) is 0.250. The average molecular weight is 279 g/mol. The van der Waals surface area contributed by atoms with Gasteiger partial charge in [0.25, 0.3) is 0 Å². The SMILES string of the molecule is Cc1ccc(C(CCl)Cc2ccc(Cl)cc2)cc1. The number of halogens is 2. The van der Waals surface area contributed by atoms with Crippen LogP contribution in [-0.4, -0.2) is 5.88 Å². The van der Waals surface area contributed by atoms with E-state index >= 15 is 0 Å². The molecular formula is C16H16Cl2. The van der Waals surface area contributed by atoms with E-state index in [0.29, 0.717) is 11.8 Å². The van der Waals surface area contributed by atoms with Crippen molar-refractivity contribution in [2.45, 2.75) is 19.3 Å². The van der Waals surface area contributed by atoms with Crippen LogP contribution in [0.3, 0.4) is 0 Å². The van der Waals surface area contributed by atoms with E-state index in [-0.39, 0.29) is 0 Å². The molecule has 0 N–H and O–H groups in total. The second-order valence-corrected chi connectivity index (χ2v) is 5.34. The molecule has 18 heavy (non-hydrogen) atoms. The summed E-state index contributed by atoms with van der Waals surface area (Å²) in [5, 5.41) is 0.775. The third kappa shape index (κ3) is 3.51. The van der Waals surface area contributed by atoms with Crippen LogP contribution in [0.1, 0.15) is 22.6 Å². The van der Waals surface area contributed by atoms with Crippen LogP contribution < -0.4 is 0 Å². The van der Waals surface area contributed by atoms with Gasteiger partial charge in [-0.25, -0.2) is 0 Å². The van der Waals surface area contributed by atoms with Gasteiger partial charge < -0.3 is 0 Å². The van der Waals surface area contributed by atoms with E-state index in [0.717, 1.165) is 11.4 Å². The Labute approximate surface area is 119 Å². The molecule has 0 aliphatic heterocycles. The van der Waals surface area contributed by atoms with Crippen molar-refractivity contribution < 1.29 is 0 Å². The summed E-state index contributed by atoms with van der Waals surface area (Å²) in [5.41, 5.74) is 3.84. The fourth-order valence-electron chi connectivity index (χ4n) is 2.01. The lowest BCUT2D eigenvalue weighted by molar-refractivity contribution is 0.766. The first kappa shape index (κ1) is 13.5. The minimum atomic E-state index is 0.355. The van der Waals surface area contributed by atoms with E-state index in [1.807, 2.05) is 12.1 Å². The third-order valence-corrected chi connectivity index (χ3v) is 3.75. The maximum absolute atomic E-state index is 6.10. The molecule has 1 unspecified atom stereocenters. The van der Waals surface area contributed by atoms with E-state index in [1.165, 1.54) is 16.7 Å². The van der Waals surface area contributed by atoms with Crippen molar-refractivity contribution in [1.82, 2.24) is 0 Å². The Balaban J connectivity index is 2.14. The van der Waals surface area contributed by atoms with Crippen LogP contribution in [0.4, 0.5) is 0 Å². The molecule has 2 aromatic carbocycles. The summed E-state index contributed by atoms with van der Waals surface area (Å²) in [6.45, 7) is 2.10. The Morgan fingerprint density at radius 3 is 2.11 bits per heavy atom. The van der Waals surface area contributed by atoms with Gasteiger partial charge in [0.05, 0.1) is 0 Å².